The van der Waals surface area contributed by atoms with Gasteiger partial charge in [-0.25, -0.2) is 8.78 Å². The first-order valence-electron chi connectivity index (χ1n) is 6.62. The Morgan fingerprint density at radius 3 is 2.37 bits per heavy atom. The van der Waals surface area contributed by atoms with E-state index in [9.17, 15) is 8.78 Å². The maximum Gasteiger partial charge on any atom is 0.263 e. The lowest BCUT2D eigenvalue weighted by Crippen LogP contribution is -2.47. The van der Waals surface area contributed by atoms with Crippen molar-refractivity contribution in [2.75, 3.05) is 39.8 Å². The fraction of sp³-hybridized carbons (Fsp3) is 0.571. The van der Waals surface area contributed by atoms with Crippen LogP contribution in [0.3, 0.4) is 0 Å². The summed E-state index contributed by atoms with van der Waals surface area (Å²) in [6, 6.07) is 6.66. The number of hydrogen-bond acceptors (Lipinski definition) is 3. The van der Waals surface area contributed by atoms with E-state index in [4.69, 9.17) is 5.73 Å². The monoisotopic (exact) mass is 269 g/mol. The molecule has 2 rings (SSSR count). The van der Waals surface area contributed by atoms with Crippen LogP contribution >= 0.6 is 0 Å². The third-order valence-corrected chi connectivity index (χ3v) is 3.75. The van der Waals surface area contributed by atoms with Crippen LogP contribution in [0.15, 0.2) is 24.3 Å². The molecule has 0 aliphatic carbocycles. The Hall–Kier alpha value is -1.04. The maximum atomic E-state index is 12.8. The average Bonchev–Trinajstić information content (AvgIpc) is 2.42. The summed E-state index contributed by atoms with van der Waals surface area (Å²) in [5, 5.41) is 0. The van der Waals surface area contributed by atoms with Gasteiger partial charge in [0.2, 0.25) is 0 Å². The molecule has 2 N–H and O–H groups in total. The third-order valence-electron chi connectivity index (χ3n) is 3.75. The second-order valence-electron chi connectivity index (χ2n) is 5.06. The number of alkyl halides is 2. The molecule has 0 amide bonds. The number of benzene rings is 1. The number of halogens is 2. The summed E-state index contributed by atoms with van der Waals surface area (Å²) in [4.78, 5) is 4.55. The topological polar surface area (TPSA) is 32.5 Å². The average molecular weight is 269 g/mol. The molecule has 1 aliphatic heterocycles. The highest BCUT2D eigenvalue weighted by Gasteiger charge is 2.23. The molecule has 0 aromatic heterocycles. The Morgan fingerprint density at radius 1 is 1.16 bits per heavy atom. The summed E-state index contributed by atoms with van der Waals surface area (Å²) >= 11 is 0. The Morgan fingerprint density at radius 2 is 1.79 bits per heavy atom. The molecule has 3 nitrogen and oxygen atoms in total. The summed E-state index contributed by atoms with van der Waals surface area (Å²) in [5.41, 5.74) is 6.82. The van der Waals surface area contributed by atoms with Gasteiger partial charge in [-0.2, -0.15) is 0 Å². The van der Waals surface area contributed by atoms with E-state index in [1.807, 2.05) is 6.07 Å². The second-order valence-corrected chi connectivity index (χ2v) is 5.06. The molecule has 0 saturated carbocycles. The zero-order chi connectivity index (χ0) is 13.8. The Labute approximate surface area is 113 Å². The number of nitrogens with two attached hydrogens (primary N) is 1. The quantitative estimate of drug-likeness (QED) is 0.905. The van der Waals surface area contributed by atoms with Gasteiger partial charge >= 0.3 is 0 Å². The van der Waals surface area contributed by atoms with Gasteiger partial charge < -0.3 is 10.6 Å². The minimum Gasteiger partial charge on any atom is -0.329 e. The summed E-state index contributed by atoms with van der Waals surface area (Å²) in [6.07, 6.45) is -2.43. The van der Waals surface area contributed by atoms with Crippen molar-refractivity contribution < 1.29 is 8.78 Å². The van der Waals surface area contributed by atoms with E-state index in [0.717, 1.165) is 31.7 Å². The van der Waals surface area contributed by atoms with Gasteiger partial charge in [-0.05, 0) is 18.7 Å². The molecule has 5 heteroatoms. The Balaban J connectivity index is 2.15. The molecule has 19 heavy (non-hydrogen) atoms. The Kier molecular flexibility index (Phi) is 4.85. The van der Waals surface area contributed by atoms with Crippen LogP contribution in [-0.4, -0.2) is 49.6 Å². The lowest BCUT2D eigenvalue weighted by atomic mass is 10.0. The summed E-state index contributed by atoms with van der Waals surface area (Å²) in [7, 11) is 2.09. The van der Waals surface area contributed by atoms with E-state index < -0.39 is 6.43 Å². The van der Waals surface area contributed by atoms with Gasteiger partial charge in [0, 0.05) is 44.3 Å². The van der Waals surface area contributed by atoms with Crippen molar-refractivity contribution in [2.45, 2.75) is 12.5 Å². The van der Waals surface area contributed by atoms with Crippen molar-refractivity contribution in [1.29, 1.82) is 0 Å². The van der Waals surface area contributed by atoms with Crippen molar-refractivity contribution in [3.05, 3.63) is 35.4 Å². The van der Waals surface area contributed by atoms with Gasteiger partial charge in [0.25, 0.3) is 6.43 Å². The first-order valence-corrected chi connectivity index (χ1v) is 6.62. The first kappa shape index (κ1) is 14.4. The SMILES string of the molecule is CN1CCN(C(CN)c2cccc(C(F)F)c2)CC1. The minimum atomic E-state index is -2.43. The van der Waals surface area contributed by atoms with E-state index in [1.54, 1.807) is 12.1 Å². The predicted molar refractivity (Wildman–Crippen MR) is 72.3 cm³/mol. The van der Waals surface area contributed by atoms with Crippen LogP contribution in [0.2, 0.25) is 0 Å². The largest absolute Gasteiger partial charge is 0.329 e. The molecular formula is C14H21F2N3. The van der Waals surface area contributed by atoms with E-state index in [-0.39, 0.29) is 11.6 Å². The van der Waals surface area contributed by atoms with E-state index in [0.29, 0.717) is 6.54 Å². The Bertz CT molecular complexity index is 403. The highest BCUT2D eigenvalue weighted by Crippen LogP contribution is 2.26. The normalized spacial score (nSPS) is 19.8. The molecule has 1 heterocycles. The van der Waals surface area contributed by atoms with Crippen LogP contribution in [0, 0.1) is 0 Å². The summed E-state index contributed by atoms with van der Waals surface area (Å²) in [5.74, 6) is 0. The van der Waals surface area contributed by atoms with Crippen molar-refractivity contribution in [2.24, 2.45) is 5.73 Å². The van der Waals surface area contributed by atoms with Crippen LogP contribution in [0.4, 0.5) is 8.78 Å². The lowest BCUT2D eigenvalue weighted by Gasteiger charge is -2.37. The molecule has 0 spiro atoms. The van der Waals surface area contributed by atoms with Crippen LogP contribution in [0.5, 0.6) is 0 Å². The maximum absolute atomic E-state index is 12.8. The molecule has 1 unspecified atom stereocenters. The molecule has 1 fully saturated rings. The summed E-state index contributed by atoms with van der Waals surface area (Å²) in [6.45, 7) is 4.29. The molecule has 1 saturated heterocycles. The van der Waals surface area contributed by atoms with E-state index in [1.165, 1.54) is 6.07 Å². The van der Waals surface area contributed by atoms with Gasteiger partial charge in [0.1, 0.15) is 0 Å². The van der Waals surface area contributed by atoms with Gasteiger partial charge in [0.05, 0.1) is 0 Å². The molecule has 106 valence electrons. The lowest BCUT2D eigenvalue weighted by molar-refractivity contribution is 0.114. The van der Waals surface area contributed by atoms with Crippen molar-refractivity contribution >= 4 is 0 Å². The third kappa shape index (κ3) is 3.49. The molecular weight excluding hydrogens is 248 g/mol. The van der Waals surface area contributed by atoms with Gasteiger partial charge in [0.15, 0.2) is 0 Å². The number of rotatable bonds is 4. The highest BCUT2D eigenvalue weighted by molar-refractivity contribution is 5.27. The minimum absolute atomic E-state index is 0.0346. The van der Waals surface area contributed by atoms with Crippen molar-refractivity contribution in [1.82, 2.24) is 9.80 Å². The standard InChI is InChI=1S/C14H21F2N3/c1-18-5-7-19(8-6-18)13(10-17)11-3-2-4-12(9-11)14(15)16/h2-4,9,13-14H,5-8,10,17H2,1H3. The van der Waals surface area contributed by atoms with Crippen molar-refractivity contribution in [3.8, 4) is 0 Å². The molecule has 1 aromatic rings. The zero-order valence-electron chi connectivity index (χ0n) is 11.2. The molecule has 1 aromatic carbocycles. The molecule has 1 atom stereocenters. The number of hydrogen-bond donors (Lipinski definition) is 1. The smallest absolute Gasteiger partial charge is 0.263 e. The number of nitrogens with zero attached hydrogens (tertiary/aromatic N) is 2. The first-order chi connectivity index (χ1) is 9.11. The molecule has 1 aliphatic rings. The van der Waals surface area contributed by atoms with Crippen LogP contribution in [0.25, 0.3) is 0 Å². The van der Waals surface area contributed by atoms with Gasteiger partial charge in [-0.1, -0.05) is 18.2 Å². The van der Waals surface area contributed by atoms with Crippen LogP contribution in [0.1, 0.15) is 23.6 Å². The van der Waals surface area contributed by atoms with Crippen LogP contribution in [-0.2, 0) is 0 Å². The predicted octanol–water partition coefficient (Wildman–Crippen LogP) is 1.87. The van der Waals surface area contributed by atoms with Crippen molar-refractivity contribution in [3.63, 3.8) is 0 Å². The zero-order valence-corrected chi connectivity index (χ0v) is 11.2. The fourth-order valence-corrected chi connectivity index (χ4v) is 2.53. The fourth-order valence-electron chi connectivity index (χ4n) is 2.53. The summed E-state index contributed by atoms with van der Waals surface area (Å²) < 4.78 is 25.5. The van der Waals surface area contributed by atoms with Crippen LogP contribution < -0.4 is 5.73 Å². The van der Waals surface area contributed by atoms with E-state index in [2.05, 4.69) is 16.8 Å². The number of piperazine rings is 1. The molecule has 0 bridgehead atoms. The second kappa shape index (κ2) is 6.41. The van der Waals surface area contributed by atoms with Gasteiger partial charge in [-0.3, -0.25) is 4.90 Å². The highest BCUT2D eigenvalue weighted by atomic mass is 19.3. The number of likely N-dealkylation sites (N-methyl/N-ethyl adjacent to an activating group) is 1. The van der Waals surface area contributed by atoms with Gasteiger partial charge in [-0.15, -0.1) is 0 Å². The molecule has 0 radical (unpaired) electrons. The van der Waals surface area contributed by atoms with E-state index >= 15 is 0 Å².